The van der Waals surface area contributed by atoms with Crippen molar-refractivity contribution < 1.29 is 4.79 Å². The van der Waals surface area contributed by atoms with Gasteiger partial charge in [0.2, 0.25) is 0 Å². The molecular weight excluding hydrogens is 151 g/mol. The zero-order chi connectivity index (χ0) is 7.49. The van der Waals surface area contributed by atoms with Crippen LogP contribution in [0, 0.1) is 0 Å². The number of hydrogen-bond acceptors (Lipinski definition) is 3. The second-order valence-corrected chi connectivity index (χ2v) is 5.56. The summed E-state index contributed by atoms with van der Waals surface area (Å²) in [7, 11) is 7.48. The van der Waals surface area contributed by atoms with E-state index < -0.39 is 0 Å². The fourth-order valence-electron chi connectivity index (χ4n) is 0.166. The molecule has 2 radical (unpaired) electrons. The minimum Gasteiger partial charge on any atom is -0.300 e. The molecule has 0 N–H and O–H groups in total. The summed E-state index contributed by atoms with van der Waals surface area (Å²) in [6, 6.07) is 0. The molecule has 0 saturated carbocycles. The van der Waals surface area contributed by atoms with E-state index in [0.29, 0.717) is 0 Å². The average Bonchev–Trinajstić information content (AvgIpc) is 1.59. The highest BCUT2D eigenvalue weighted by Crippen LogP contribution is 2.34. The first-order valence-corrected chi connectivity index (χ1v) is 4.72. The number of carbonyl (C=O) groups is 1. The molecule has 0 bridgehead atoms. The van der Waals surface area contributed by atoms with Crippen LogP contribution in [0.2, 0.25) is 0 Å². The predicted molar refractivity (Wildman–Crippen MR) is 46.1 cm³/mol. The molecule has 0 spiro atoms. The second kappa shape index (κ2) is 3.57. The minimum absolute atomic E-state index is 0.111. The molecule has 0 aromatic heterocycles. The van der Waals surface area contributed by atoms with Gasteiger partial charge in [0.1, 0.15) is 5.01 Å². The van der Waals surface area contributed by atoms with E-state index in [9.17, 15) is 4.79 Å². The standard InChI is InChI=1S/C5H9BOS2/c1-5(2,3)9-8-4(6)7/h1-3H3. The fourth-order valence-corrected chi connectivity index (χ4v) is 1.49. The first-order valence-electron chi connectivity index (χ1n) is 2.57. The maximum Gasteiger partial charge on any atom is 0.185 e. The zero-order valence-electron chi connectivity index (χ0n) is 5.80. The lowest BCUT2D eigenvalue weighted by atomic mass is 10.2. The van der Waals surface area contributed by atoms with E-state index in [1.54, 1.807) is 0 Å². The summed E-state index contributed by atoms with van der Waals surface area (Å²) in [6.45, 7) is 6.11. The van der Waals surface area contributed by atoms with E-state index in [-0.39, 0.29) is 9.76 Å². The van der Waals surface area contributed by atoms with E-state index in [0.717, 1.165) is 10.8 Å². The van der Waals surface area contributed by atoms with Crippen LogP contribution >= 0.6 is 21.6 Å². The molecule has 0 rings (SSSR count). The highest BCUT2D eigenvalue weighted by atomic mass is 33.1. The largest absolute Gasteiger partial charge is 0.300 e. The average molecular weight is 160 g/mol. The number of carbonyl (C=O) groups excluding carboxylic acids is 1. The van der Waals surface area contributed by atoms with Crippen molar-refractivity contribution in [2.24, 2.45) is 0 Å². The molecule has 0 aliphatic rings. The summed E-state index contributed by atoms with van der Waals surface area (Å²) in [6.07, 6.45) is 0. The SMILES string of the molecule is [B]C(=O)SSC(C)(C)C. The smallest absolute Gasteiger partial charge is 0.185 e. The topological polar surface area (TPSA) is 17.1 Å². The molecule has 4 heteroatoms. The molecule has 9 heavy (non-hydrogen) atoms. The molecule has 0 heterocycles. The Kier molecular flexibility index (Phi) is 3.74. The van der Waals surface area contributed by atoms with Gasteiger partial charge in [-0.2, -0.15) is 0 Å². The highest BCUT2D eigenvalue weighted by molar-refractivity contribution is 8.83. The van der Waals surface area contributed by atoms with Crippen molar-refractivity contribution in [3.8, 4) is 0 Å². The van der Waals surface area contributed by atoms with Gasteiger partial charge in [0.05, 0.1) is 0 Å². The van der Waals surface area contributed by atoms with Crippen LogP contribution in [0.15, 0.2) is 0 Å². The Morgan fingerprint density at radius 2 is 1.89 bits per heavy atom. The van der Waals surface area contributed by atoms with Gasteiger partial charge in [-0.3, -0.25) is 4.79 Å². The van der Waals surface area contributed by atoms with Gasteiger partial charge in [0.25, 0.3) is 0 Å². The van der Waals surface area contributed by atoms with Crippen LogP contribution in [0.25, 0.3) is 0 Å². The van der Waals surface area contributed by atoms with E-state index in [2.05, 4.69) is 0 Å². The summed E-state index contributed by atoms with van der Waals surface area (Å²) in [5, 5.41) is -0.324. The van der Waals surface area contributed by atoms with E-state index in [4.69, 9.17) is 7.85 Å². The minimum atomic E-state index is -0.324. The van der Waals surface area contributed by atoms with Crippen LogP contribution in [-0.2, 0) is 0 Å². The third-order valence-corrected chi connectivity index (χ3v) is 3.36. The molecule has 0 aromatic rings. The summed E-state index contributed by atoms with van der Waals surface area (Å²) in [5.74, 6) is 0. The monoisotopic (exact) mass is 160 g/mol. The van der Waals surface area contributed by atoms with Crippen LogP contribution in [-0.4, -0.2) is 17.6 Å². The van der Waals surface area contributed by atoms with Crippen molar-refractivity contribution in [2.45, 2.75) is 25.5 Å². The van der Waals surface area contributed by atoms with E-state index in [1.807, 2.05) is 20.8 Å². The van der Waals surface area contributed by atoms with Gasteiger partial charge in [0, 0.05) is 4.75 Å². The van der Waals surface area contributed by atoms with Crippen LogP contribution in [0.5, 0.6) is 0 Å². The summed E-state index contributed by atoms with van der Waals surface area (Å²) < 4.78 is 0.111. The number of rotatable bonds is 1. The van der Waals surface area contributed by atoms with Crippen LogP contribution in [0.1, 0.15) is 20.8 Å². The van der Waals surface area contributed by atoms with Crippen molar-refractivity contribution in [3.63, 3.8) is 0 Å². The van der Waals surface area contributed by atoms with Gasteiger partial charge in [-0.15, -0.1) is 0 Å². The molecule has 0 aromatic carbocycles. The van der Waals surface area contributed by atoms with Crippen LogP contribution < -0.4 is 0 Å². The zero-order valence-corrected chi connectivity index (χ0v) is 7.44. The maximum absolute atomic E-state index is 10.2. The molecule has 0 aliphatic carbocycles. The fraction of sp³-hybridized carbons (Fsp3) is 0.800. The Bertz CT molecular complexity index is 108. The maximum atomic E-state index is 10.2. The molecule has 50 valence electrons. The molecular formula is C5H9BOS2. The Labute approximate surface area is 65.2 Å². The van der Waals surface area contributed by atoms with Gasteiger partial charge in [-0.1, -0.05) is 31.6 Å². The van der Waals surface area contributed by atoms with Gasteiger partial charge in [0.15, 0.2) is 7.85 Å². The first-order chi connectivity index (χ1) is 3.92. The highest BCUT2D eigenvalue weighted by Gasteiger charge is 2.11. The lowest BCUT2D eigenvalue weighted by Gasteiger charge is -2.14. The molecule has 0 amide bonds. The predicted octanol–water partition coefficient (Wildman–Crippen LogP) is 2.45. The van der Waals surface area contributed by atoms with Crippen LogP contribution in [0.3, 0.4) is 0 Å². The number of hydrogen-bond donors (Lipinski definition) is 0. The Morgan fingerprint density at radius 1 is 1.44 bits per heavy atom. The molecule has 0 saturated heterocycles. The lowest BCUT2D eigenvalue weighted by molar-refractivity contribution is 0.276. The van der Waals surface area contributed by atoms with Crippen molar-refractivity contribution in [1.82, 2.24) is 0 Å². The van der Waals surface area contributed by atoms with Crippen molar-refractivity contribution in [3.05, 3.63) is 0 Å². The Morgan fingerprint density at radius 3 is 2.00 bits per heavy atom. The first kappa shape index (κ1) is 9.43. The third kappa shape index (κ3) is 8.43. The molecule has 0 unspecified atom stereocenters. The van der Waals surface area contributed by atoms with E-state index >= 15 is 0 Å². The third-order valence-electron chi connectivity index (χ3n) is 0.374. The van der Waals surface area contributed by atoms with Crippen LogP contribution in [0.4, 0.5) is 4.79 Å². The van der Waals surface area contributed by atoms with Gasteiger partial charge < -0.3 is 0 Å². The van der Waals surface area contributed by atoms with Gasteiger partial charge in [-0.25, -0.2) is 0 Å². The van der Waals surface area contributed by atoms with Gasteiger partial charge >= 0.3 is 0 Å². The van der Waals surface area contributed by atoms with Crippen molar-refractivity contribution in [1.29, 1.82) is 0 Å². The van der Waals surface area contributed by atoms with E-state index in [1.165, 1.54) is 10.8 Å². The second-order valence-electron chi connectivity index (χ2n) is 2.60. The summed E-state index contributed by atoms with van der Waals surface area (Å²) >= 11 is 0. The van der Waals surface area contributed by atoms with Crippen molar-refractivity contribution in [2.75, 3.05) is 0 Å². The quantitative estimate of drug-likeness (QED) is 0.433. The van der Waals surface area contributed by atoms with Crippen molar-refractivity contribution >= 4 is 34.4 Å². The Balaban J connectivity index is 3.39. The molecule has 0 aliphatic heterocycles. The molecule has 1 nitrogen and oxygen atoms in total. The van der Waals surface area contributed by atoms with Gasteiger partial charge in [-0.05, 0) is 10.8 Å². The lowest BCUT2D eigenvalue weighted by Crippen LogP contribution is -2.05. The summed E-state index contributed by atoms with van der Waals surface area (Å²) in [4.78, 5) is 10.2. The summed E-state index contributed by atoms with van der Waals surface area (Å²) in [5.41, 5.74) is 0. The molecule has 0 atom stereocenters. The molecule has 0 fully saturated rings. The normalized spacial score (nSPS) is 11.4. The Hall–Kier alpha value is 0.435.